The molecule has 2 N–H and O–H groups in total. The van der Waals surface area contributed by atoms with Gasteiger partial charge in [-0.05, 0) is 12.5 Å². The minimum Gasteiger partial charge on any atom is -0.366 e. The van der Waals surface area contributed by atoms with Crippen molar-refractivity contribution in [2.24, 2.45) is 5.73 Å². The number of nitrogens with two attached hydrogens (primary N) is 1. The Hall–Kier alpha value is -2.42. The normalized spacial score (nSPS) is 9.33. The molecule has 0 saturated heterocycles. The third kappa shape index (κ3) is 1.91. The molecule has 0 heterocycles. The first-order valence-electron chi connectivity index (χ1n) is 3.96. The van der Waals surface area contributed by atoms with Gasteiger partial charge < -0.3 is 5.73 Å². The van der Waals surface area contributed by atoms with E-state index in [1.807, 2.05) is 0 Å². The van der Waals surface area contributed by atoms with Crippen molar-refractivity contribution in [3.63, 3.8) is 0 Å². The highest BCUT2D eigenvalue weighted by Gasteiger charge is 2.17. The molecule has 6 heteroatoms. The molecule has 15 heavy (non-hydrogen) atoms. The van der Waals surface area contributed by atoms with E-state index in [2.05, 4.69) is 0 Å². The van der Waals surface area contributed by atoms with E-state index in [1.165, 1.54) is 13.0 Å². The molecule has 0 aliphatic heterocycles. The van der Waals surface area contributed by atoms with Crippen LogP contribution in [0.3, 0.4) is 0 Å². The van der Waals surface area contributed by atoms with Crippen LogP contribution in [0.25, 0.3) is 0 Å². The minimum atomic E-state index is -0.849. The summed E-state index contributed by atoms with van der Waals surface area (Å²) in [5.41, 5.74) is 5.08. The number of nitriles is 1. The van der Waals surface area contributed by atoms with E-state index in [4.69, 9.17) is 11.0 Å². The van der Waals surface area contributed by atoms with E-state index in [-0.39, 0.29) is 16.8 Å². The van der Waals surface area contributed by atoms with E-state index in [0.717, 1.165) is 6.07 Å². The van der Waals surface area contributed by atoms with Gasteiger partial charge in [0.15, 0.2) is 0 Å². The van der Waals surface area contributed by atoms with Crippen LogP contribution in [0.4, 0.5) is 5.69 Å². The third-order valence-corrected chi connectivity index (χ3v) is 1.91. The quantitative estimate of drug-likeness (QED) is 0.570. The van der Waals surface area contributed by atoms with Crippen molar-refractivity contribution in [1.82, 2.24) is 0 Å². The number of aryl methyl sites for hydroxylation is 1. The van der Waals surface area contributed by atoms with E-state index in [1.54, 1.807) is 6.07 Å². The SMILES string of the molecule is Cc1cc([N+](=O)[O-])cc(C(N)=O)c1C#N. The molecule has 0 unspecified atom stereocenters. The van der Waals surface area contributed by atoms with Crippen molar-refractivity contribution >= 4 is 11.6 Å². The maximum atomic E-state index is 11.0. The van der Waals surface area contributed by atoms with Gasteiger partial charge in [-0.3, -0.25) is 14.9 Å². The number of hydrogen-bond acceptors (Lipinski definition) is 4. The summed E-state index contributed by atoms with van der Waals surface area (Å²) in [6, 6.07) is 4.02. The molecule has 76 valence electrons. The molecule has 1 aromatic carbocycles. The van der Waals surface area contributed by atoms with E-state index in [9.17, 15) is 14.9 Å². The van der Waals surface area contributed by atoms with Crippen LogP contribution < -0.4 is 5.73 Å². The number of nitrogens with zero attached hydrogens (tertiary/aromatic N) is 2. The van der Waals surface area contributed by atoms with Crippen LogP contribution in [0.1, 0.15) is 21.5 Å². The summed E-state index contributed by atoms with van der Waals surface area (Å²) in [7, 11) is 0. The Bertz CT molecular complexity index is 488. The molecule has 0 saturated carbocycles. The monoisotopic (exact) mass is 205 g/mol. The van der Waals surface area contributed by atoms with Crippen molar-refractivity contribution in [2.75, 3.05) is 0 Å². The zero-order chi connectivity index (χ0) is 11.6. The largest absolute Gasteiger partial charge is 0.366 e. The molecule has 1 aromatic rings. The highest BCUT2D eigenvalue weighted by molar-refractivity contribution is 5.96. The second-order valence-electron chi connectivity index (χ2n) is 2.92. The second kappa shape index (κ2) is 3.75. The van der Waals surface area contributed by atoms with E-state index in [0.29, 0.717) is 5.56 Å². The zero-order valence-corrected chi connectivity index (χ0v) is 7.85. The molecule has 0 aliphatic rings. The van der Waals surface area contributed by atoms with Crippen LogP contribution in [0.2, 0.25) is 0 Å². The number of rotatable bonds is 2. The minimum absolute atomic E-state index is 0.0769. The standard InChI is InChI=1S/C9H7N3O3/c1-5-2-6(12(14)15)3-7(9(11)13)8(5)4-10/h2-3H,1H3,(H2,11,13). The van der Waals surface area contributed by atoms with Gasteiger partial charge in [0, 0.05) is 12.1 Å². The van der Waals surface area contributed by atoms with Gasteiger partial charge in [0.1, 0.15) is 6.07 Å². The Morgan fingerprint density at radius 2 is 2.20 bits per heavy atom. The van der Waals surface area contributed by atoms with Crippen LogP contribution in [0, 0.1) is 28.4 Å². The first-order valence-corrected chi connectivity index (χ1v) is 3.96. The van der Waals surface area contributed by atoms with E-state index >= 15 is 0 Å². The fraction of sp³-hybridized carbons (Fsp3) is 0.111. The van der Waals surface area contributed by atoms with Crippen LogP contribution in [-0.2, 0) is 0 Å². The maximum absolute atomic E-state index is 11.0. The number of amides is 1. The highest BCUT2D eigenvalue weighted by atomic mass is 16.6. The molecule has 1 rings (SSSR count). The lowest BCUT2D eigenvalue weighted by Gasteiger charge is -2.02. The maximum Gasteiger partial charge on any atom is 0.270 e. The molecule has 0 aromatic heterocycles. The summed E-state index contributed by atoms with van der Waals surface area (Å²) in [6.07, 6.45) is 0. The number of hydrogen-bond donors (Lipinski definition) is 1. The fourth-order valence-electron chi connectivity index (χ4n) is 1.22. The Kier molecular flexibility index (Phi) is 2.67. The number of nitro groups is 1. The first kappa shape index (κ1) is 10.7. The van der Waals surface area contributed by atoms with Gasteiger partial charge in [-0.15, -0.1) is 0 Å². The Morgan fingerprint density at radius 3 is 2.60 bits per heavy atom. The molecule has 0 fully saturated rings. The number of nitro benzene ring substituents is 1. The summed E-state index contributed by atoms with van der Waals surface area (Å²) >= 11 is 0. The molecular formula is C9H7N3O3. The highest BCUT2D eigenvalue weighted by Crippen LogP contribution is 2.21. The van der Waals surface area contributed by atoms with Crippen LogP contribution >= 0.6 is 0 Å². The van der Waals surface area contributed by atoms with Crippen molar-refractivity contribution in [2.45, 2.75) is 6.92 Å². The molecule has 0 radical (unpaired) electrons. The van der Waals surface area contributed by atoms with Crippen molar-refractivity contribution in [1.29, 1.82) is 5.26 Å². The van der Waals surface area contributed by atoms with Crippen LogP contribution in [0.15, 0.2) is 12.1 Å². The zero-order valence-electron chi connectivity index (χ0n) is 7.85. The molecule has 0 spiro atoms. The number of carbonyl (C=O) groups excluding carboxylic acids is 1. The summed E-state index contributed by atoms with van der Waals surface area (Å²) < 4.78 is 0. The lowest BCUT2D eigenvalue weighted by atomic mass is 10.0. The van der Waals surface area contributed by atoms with Gasteiger partial charge in [0.05, 0.1) is 16.1 Å². The predicted molar refractivity (Wildman–Crippen MR) is 51.1 cm³/mol. The van der Waals surface area contributed by atoms with Gasteiger partial charge in [-0.2, -0.15) is 5.26 Å². The summed E-state index contributed by atoms with van der Waals surface area (Å²) in [5.74, 6) is -0.849. The smallest absolute Gasteiger partial charge is 0.270 e. The Balaban J connectivity index is 3.54. The molecule has 6 nitrogen and oxygen atoms in total. The number of carbonyl (C=O) groups is 1. The average molecular weight is 205 g/mol. The topological polar surface area (TPSA) is 110 Å². The predicted octanol–water partition coefficient (Wildman–Crippen LogP) is 0.874. The number of benzene rings is 1. The number of non-ortho nitro benzene ring substituents is 1. The lowest BCUT2D eigenvalue weighted by molar-refractivity contribution is -0.384. The van der Waals surface area contributed by atoms with Crippen molar-refractivity contribution in [3.8, 4) is 6.07 Å². The lowest BCUT2D eigenvalue weighted by Crippen LogP contribution is -2.14. The summed E-state index contributed by atoms with van der Waals surface area (Å²) in [6.45, 7) is 1.51. The van der Waals surface area contributed by atoms with Crippen LogP contribution in [0.5, 0.6) is 0 Å². The molecule has 0 bridgehead atoms. The Labute approximate surface area is 85.1 Å². The van der Waals surface area contributed by atoms with Gasteiger partial charge in [0.25, 0.3) is 5.69 Å². The van der Waals surface area contributed by atoms with Crippen molar-refractivity contribution in [3.05, 3.63) is 38.9 Å². The Morgan fingerprint density at radius 1 is 1.60 bits per heavy atom. The van der Waals surface area contributed by atoms with Crippen molar-refractivity contribution < 1.29 is 9.72 Å². The summed E-state index contributed by atoms with van der Waals surface area (Å²) in [4.78, 5) is 20.8. The second-order valence-corrected chi connectivity index (χ2v) is 2.92. The van der Waals surface area contributed by atoms with E-state index < -0.39 is 10.8 Å². The fourth-order valence-corrected chi connectivity index (χ4v) is 1.22. The van der Waals surface area contributed by atoms with Gasteiger partial charge in [0.2, 0.25) is 5.91 Å². The first-order chi connectivity index (χ1) is 6.97. The summed E-state index contributed by atoms with van der Waals surface area (Å²) in [5, 5.41) is 19.2. The van der Waals surface area contributed by atoms with Crippen LogP contribution in [-0.4, -0.2) is 10.8 Å². The molecular weight excluding hydrogens is 198 g/mol. The van der Waals surface area contributed by atoms with Gasteiger partial charge in [-0.1, -0.05) is 0 Å². The van der Waals surface area contributed by atoms with Gasteiger partial charge in [-0.25, -0.2) is 0 Å². The average Bonchev–Trinajstić information content (AvgIpc) is 2.16. The third-order valence-electron chi connectivity index (χ3n) is 1.91. The molecule has 0 atom stereocenters. The molecule has 1 amide bonds. The molecule has 0 aliphatic carbocycles. The van der Waals surface area contributed by atoms with Gasteiger partial charge >= 0.3 is 0 Å². The number of primary amides is 1.